The quantitative estimate of drug-likeness (QED) is 0.391. The zero-order valence-electron chi connectivity index (χ0n) is 16.9. The van der Waals surface area contributed by atoms with Crippen molar-refractivity contribution in [3.05, 3.63) is 12.2 Å². The minimum absolute atomic E-state index is 0.00855. The average molecular weight is 344 g/mol. The molecular formula is C24H41N. The van der Waals surface area contributed by atoms with Crippen molar-refractivity contribution in [2.45, 2.75) is 110 Å². The molecule has 0 aromatic rings. The fourth-order valence-corrected chi connectivity index (χ4v) is 5.28. The van der Waals surface area contributed by atoms with E-state index in [-0.39, 0.29) is 5.41 Å². The molecule has 0 saturated heterocycles. The van der Waals surface area contributed by atoms with Crippen LogP contribution in [0.4, 0.5) is 0 Å². The first-order valence-corrected chi connectivity index (χ1v) is 11.3. The highest BCUT2D eigenvalue weighted by molar-refractivity contribution is 5.03. The van der Waals surface area contributed by atoms with E-state index in [0.717, 1.165) is 43.4 Å². The number of unbranched alkanes of at least 4 members (excludes halogenated alkanes) is 2. The van der Waals surface area contributed by atoms with Gasteiger partial charge in [-0.05, 0) is 75.5 Å². The van der Waals surface area contributed by atoms with Crippen molar-refractivity contribution in [3.8, 4) is 6.07 Å². The van der Waals surface area contributed by atoms with Crippen LogP contribution in [0.25, 0.3) is 0 Å². The highest BCUT2D eigenvalue weighted by Crippen LogP contribution is 2.47. The molecule has 0 heterocycles. The Kier molecular flexibility index (Phi) is 9.08. The first kappa shape index (κ1) is 20.5. The first-order valence-electron chi connectivity index (χ1n) is 11.3. The molecular weight excluding hydrogens is 302 g/mol. The molecule has 2 fully saturated rings. The van der Waals surface area contributed by atoms with Gasteiger partial charge in [-0.2, -0.15) is 5.26 Å². The summed E-state index contributed by atoms with van der Waals surface area (Å²) in [7, 11) is 0. The third kappa shape index (κ3) is 6.47. The van der Waals surface area contributed by atoms with Crippen molar-refractivity contribution in [2.24, 2.45) is 23.2 Å². The van der Waals surface area contributed by atoms with Crippen molar-refractivity contribution in [1.82, 2.24) is 0 Å². The van der Waals surface area contributed by atoms with Crippen LogP contribution in [-0.2, 0) is 0 Å². The standard InChI is InChI=1S/C24H41N/c1-3-5-7-8-9-17-24(20-25)18-15-23(16-19-24)22-13-11-21(12-14-22)10-6-4-2/h7-8,21-23H,3-6,9-19H2,1-2H3/b8-7+. The number of nitrogens with zero attached hydrogens (tertiary/aromatic N) is 1. The van der Waals surface area contributed by atoms with E-state index >= 15 is 0 Å². The topological polar surface area (TPSA) is 23.8 Å². The van der Waals surface area contributed by atoms with Crippen LogP contribution in [0.15, 0.2) is 12.2 Å². The second kappa shape index (κ2) is 11.1. The molecule has 0 N–H and O–H groups in total. The molecule has 2 rings (SSSR count). The molecule has 1 nitrogen and oxygen atoms in total. The van der Waals surface area contributed by atoms with Crippen LogP contribution in [0, 0.1) is 34.5 Å². The highest BCUT2D eigenvalue weighted by Gasteiger charge is 2.38. The van der Waals surface area contributed by atoms with Gasteiger partial charge >= 0.3 is 0 Å². The summed E-state index contributed by atoms with van der Waals surface area (Å²) in [4.78, 5) is 0. The lowest BCUT2D eigenvalue weighted by Crippen LogP contribution is -2.31. The van der Waals surface area contributed by atoms with E-state index in [0.29, 0.717) is 0 Å². The van der Waals surface area contributed by atoms with Gasteiger partial charge in [0.2, 0.25) is 0 Å². The van der Waals surface area contributed by atoms with E-state index in [9.17, 15) is 5.26 Å². The summed E-state index contributed by atoms with van der Waals surface area (Å²) in [5.41, 5.74) is -0.00855. The van der Waals surface area contributed by atoms with E-state index in [1.54, 1.807) is 0 Å². The van der Waals surface area contributed by atoms with Crippen LogP contribution in [0.3, 0.4) is 0 Å². The summed E-state index contributed by atoms with van der Waals surface area (Å²) >= 11 is 0. The highest BCUT2D eigenvalue weighted by atomic mass is 14.4. The summed E-state index contributed by atoms with van der Waals surface area (Å²) in [6.45, 7) is 4.54. The Morgan fingerprint density at radius 1 is 0.880 bits per heavy atom. The summed E-state index contributed by atoms with van der Waals surface area (Å²) in [6.07, 6.45) is 24.3. The summed E-state index contributed by atoms with van der Waals surface area (Å²) in [5.74, 6) is 2.91. The van der Waals surface area contributed by atoms with Crippen molar-refractivity contribution in [1.29, 1.82) is 5.26 Å². The second-order valence-corrected chi connectivity index (χ2v) is 8.95. The molecule has 1 heteroatoms. The third-order valence-corrected chi connectivity index (χ3v) is 7.16. The molecule has 0 unspecified atom stereocenters. The first-order chi connectivity index (χ1) is 12.2. The zero-order valence-corrected chi connectivity index (χ0v) is 16.9. The maximum absolute atomic E-state index is 9.78. The fraction of sp³-hybridized carbons (Fsp3) is 0.875. The van der Waals surface area contributed by atoms with Gasteiger partial charge in [-0.3, -0.25) is 0 Å². The summed E-state index contributed by atoms with van der Waals surface area (Å²) < 4.78 is 0. The van der Waals surface area contributed by atoms with Gasteiger partial charge in [-0.15, -0.1) is 0 Å². The van der Waals surface area contributed by atoms with Crippen molar-refractivity contribution in [2.75, 3.05) is 0 Å². The van der Waals surface area contributed by atoms with Crippen LogP contribution < -0.4 is 0 Å². The number of allylic oxidation sites excluding steroid dienone is 2. The van der Waals surface area contributed by atoms with Crippen LogP contribution in [0.1, 0.15) is 110 Å². The number of rotatable bonds is 9. The van der Waals surface area contributed by atoms with E-state index < -0.39 is 0 Å². The minimum Gasteiger partial charge on any atom is -0.198 e. The van der Waals surface area contributed by atoms with Gasteiger partial charge < -0.3 is 0 Å². The normalized spacial score (nSPS) is 33.4. The minimum atomic E-state index is -0.00855. The molecule has 0 amide bonds. The number of nitriles is 1. The van der Waals surface area contributed by atoms with Crippen LogP contribution >= 0.6 is 0 Å². The van der Waals surface area contributed by atoms with Gasteiger partial charge in [0.1, 0.15) is 0 Å². The molecule has 0 spiro atoms. The zero-order chi connectivity index (χ0) is 18.0. The summed E-state index contributed by atoms with van der Waals surface area (Å²) in [5, 5.41) is 9.78. The van der Waals surface area contributed by atoms with Crippen molar-refractivity contribution >= 4 is 0 Å². The lowest BCUT2D eigenvalue weighted by Gasteiger charge is -2.40. The molecule has 0 bridgehead atoms. The predicted octanol–water partition coefficient (Wildman–Crippen LogP) is 7.82. The van der Waals surface area contributed by atoms with Gasteiger partial charge in [-0.1, -0.05) is 64.5 Å². The van der Waals surface area contributed by atoms with Crippen molar-refractivity contribution < 1.29 is 0 Å². The van der Waals surface area contributed by atoms with E-state index in [2.05, 4.69) is 32.1 Å². The molecule has 142 valence electrons. The molecule has 2 saturated carbocycles. The SMILES string of the molecule is CCC/C=C/CCC1(C#N)CCC(C2CCC(CCCC)CC2)CC1. The monoisotopic (exact) mass is 343 g/mol. The fourth-order valence-electron chi connectivity index (χ4n) is 5.28. The van der Waals surface area contributed by atoms with E-state index in [1.165, 1.54) is 70.6 Å². The predicted molar refractivity (Wildman–Crippen MR) is 108 cm³/mol. The van der Waals surface area contributed by atoms with Crippen LogP contribution in [0.5, 0.6) is 0 Å². The third-order valence-electron chi connectivity index (χ3n) is 7.16. The smallest absolute Gasteiger partial charge is 0.0689 e. The molecule has 2 aliphatic rings. The van der Waals surface area contributed by atoms with Gasteiger partial charge in [0.15, 0.2) is 0 Å². The number of hydrogen-bond acceptors (Lipinski definition) is 1. The molecule has 0 aromatic carbocycles. The van der Waals surface area contributed by atoms with Crippen LogP contribution in [0.2, 0.25) is 0 Å². The molecule has 25 heavy (non-hydrogen) atoms. The Hall–Kier alpha value is -0.770. The molecule has 0 atom stereocenters. The van der Waals surface area contributed by atoms with Crippen LogP contribution in [-0.4, -0.2) is 0 Å². The molecule has 2 aliphatic carbocycles. The Morgan fingerprint density at radius 3 is 2.12 bits per heavy atom. The maximum atomic E-state index is 9.78. The Balaban J connectivity index is 1.72. The largest absolute Gasteiger partial charge is 0.198 e. The maximum Gasteiger partial charge on any atom is 0.0689 e. The Morgan fingerprint density at radius 2 is 1.52 bits per heavy atom. The summed E-state index contributed by atoms with van der Waals surface area (Å²) in [6, 6.07) is 2.73. The van der Waals surface area contributed by atoms with Gasteiger partial charge in [-0.25, -0.2) is 0 Å². The van der Waals surface area contributed by atoms with Gasteiger partial charge in [0.25, 0.3) is 0 Å². The van der Waals surface area contributed by atoms with Gasteiger partial charge in [0.05, 0.1) is 11.5 Å². The molecule has 0 radical (unpaired) electrons. The Labute approximate surface area is 157 Å². The number of hydrogen-bond donors (Lipinski definition) is 0. The Bertz CT molecular complexity index is 414. The van der Waals surface area contributed by atoms with E-state index in [1.807, 2.05) is 0 Å². The second-order valence-electron chi connectivity index (χ2n) is 8.95. The lowest BCUT2D eigenvalue weighted by atomic mass is 9.63. The van der Waals surface area contributed by atoms with E-state index in [4.69, 9.17) is 0 Å². The van der Waals surface area contributed by atoms with Gasteiger partial charge in [0, 0.05) is 0 Å². The molecule has 0 aliphatic heterocycles. The lowest BCUT2D eigenvalue weighted by molar-refractivity contribution is 0.116. The molecule has 0 aromatic heterocycles. The average Bonchev–Trinajstić information content (AvgIpc) is 2.67. The van der Waals surface area contributed by atoms with Crippen molar-refractivity contribution in [3.63, 3.8) is 0 Å².